The minimum atomic E-state index is -0.435. The molecule has 0 bridgehead atoms. The molecule has 0 amide bonds. The number of Topliss-reactive ketones (excluding diaryl/α,β-unsaturated/α-hetero) is 1. The van der Waals surface area contributed by atoms with Crippen molar-refractivity contribution in [2.75, 3.05) is 6.54 Å². The molecule has 0 radical (unpaired) electrons. The Morgan fingerprint density at radius 3 is 2.50 bits per heavy atom. The van der Waals surface area contributed by atoms with E-state index in [1.54, 1.807) is 12.1 Å². The average Bonchev–Trinajstić information content (AvgIpc) is 2.34. The molecule has 5 nitrogen and oxygen atoms in total. The Hall–Kier alpha value is -1.88. The third-order valence-electron chi connectivity index (χ3n) is 2.61. The number of hydrogen-bond donors (Lipinski definition) is 2. The van der Waals surface area contributed by atoms with Gasteiger partial charge in [-0.2, -0.15) is 0 Å². The second-order valence-electron chi connectivity index (χ2n) is 5.65. The van der Waals surface area contributed by atoms with Gasteiger partial charge in [-0.3, -0.25) is 9.59 Å². The zero-order valence-corrected chi connectivity index (χ0v) is 12.3. The van der Waals surface area contributed by atoms with Gasteiger partial charge in [0.25, 0.3) is 0 Å². The van der Waals surface area contributed by atoms with E-state index >= 15 is 0 Å². The summed E-state index contributed by atoms with van der Waals surface area (Å²) in [5, 5.41) is 12.8. The normalized spacial score (nSPS) is 11.2. The van der Waals surface area contributed by atoms with E-state index in [9.17, 15) is 14.7 Å². The van der Waals surface area contributed by atoms with Gasteiger partial charge in [0.15, 0.2) is 5.78 Å². The SMILES string of the molecule is CC(=O)OCc1cc(C(=O)CNC(C)(C)C)ccc1O. The fourth-order valence-corrected chi connectivity index (χ4v) is 1.50. The summed E-state index contributed by atoms with van der Waals surface area (Å²) < 4.78 is 4.83. The van der Waals surface area contributed by atoms with E-state index in [0.717, 1.165) is 0 Å². The van der Waals surface area contributed by atoms with Crippen molar-refractivity contribution in [2.45, 2.75) is 39.8 Å². The highest BCUT2D eigenvalue weighted by molar-refractivity contribution is 5.98. The molecule has 0 saturated carbocycles. The number of aromatic hydroxyl groups is 1. The third-order valence-corrected chi connectivity index (χ3v) is 2.61. The van der Waals surface area contributed by atoms with Gasteiger partial charge in [-0.15, -0.1) is 0 Å². The molecule has 0 aliphatic rings. The number of nitrogens with one attached hydrogen (secondary N) is 1. The molecule has 2 N–H and O–H groups in total. The summed E-state index contributed by atoms with van der Waals surface area (Å²) in [6.45, 7) is 7.38. The minimum Gasteiger partial charge on any atom is -0.508 e. The Labute approximate surface area is 118 Å². The Kier molecular flexibility index (Phi) is 5.27. The number of phenols is 1. The van der Waals surface area contributed by atoms with Gasteiger partial charge >= 0.3 is 5.97 Å². The fraction of sp³-hybridized carbons (Fsp3) is 0.467. The first-order chi connectivity index (χ1) is 9.19. The lowest BCUT2D eigenvalue weighted by Crippen LogP contribution is -2.39. The molecule has 5 heteroatoms. The molecule has 0 atom stereocenters. The van der Waals surface area contributed by atoms with Crippen LogP contribution in [-0.2, 0) is 16.1 Å². The number of benzene rings is 1. The van der Waals surface area contributed by atoms with Gasteiger partial charge in [0.2, 0.25) is 0 Å². The summed E-state index contributed by atoms with van der Waals surface area (Å²) in [6.07, 6.45) is 0. The number of ether oxygens (including phenoxy) is 1. The number of rotatable bonds is 5. The molecule has 1 aromatic rings. The van der Waals surface area contributed by atoms with Crippen LogP contribution in [0, 0.1) is 0 Å². The quantitative estimate of drug-likeness (QED) is 0.637. The van der Waals surface area contributed by atoms with Crippen molar-refractivity contribution >= 4 is 11.8 Å². The van der Waals surface area contributed by atoms with E-state index in [1.807, 2.05) is 20.8 Å². The zero-order chi connectivity index (χ0) is 15.3. The predicted octanol–water partition coefficient (Wildman–Crippen LogP) is 2.03. The highest BCUT2D eigenvalue weighted by Crippen LogP contribution is 2.20. The molecule has 0 aliphatic heterocycles. The van der Waals surface area contributed by atoms with Crippen LogP contribution in [0.4, 0.5) is 0 Å². The third kappa shape index (κ3) is 5.40. The number of phenolic OH excluding ortho intramolecular Hbond substituents is 1. The van der Waals surface area contributed by atoms with Gasteiger partial charge in [0, 0.05) is 23.6 Å². The molecule has 0 heterocycles. The van der Waals surface area contributed by atoms with Gasteiger partial charge in [-0.1, -0.05) is 0 Å². The molecule has 20 heavy (non-hydrogen) atoms. The monoisotopic (exact) mass is 279 g/mol. The molecular formula is C15H21NO4. The summed E-state index contributed by atoms with van der Waals surface area (Å²) in [5.41, 5.74) is 0.746. The average molecular weight is 279 g/mol. The zero-order valence-electron chi connectivity index (χ0n) is 12.3. The first kappa shape index (κ1) is 16.2. The van der Waals surface area contributed by atoms with Gasteiger partial charge in [-0.25, -0.2) is 0 Å². The van der Waals surface area contributed by atoms with Crippen LogP contribution < -0.4 is 5.32 Å². The maximum absolute atomic E-state index is 12.0. The van der Waals surface area contributed by atoms with Gasteiger partial charge in [0.1, 0.15) is 12.4 Å². The van der Waals surface area contributed by atoms with Gasteiger partial charge < -0.3 is 15.2 Å². The summed E-state index contributed by atoms with van der Waals surface area (Å²) in [7, 11) is 0. The highest BCUT2D eigenvalue weighted by Gasteiger charge is 2.14. The summed E-state index contributed by atoms with van der Waals surface area (Å²) >= 11 is 0. The van der Waals surface area contributed by atoms with Crippen LogP contribution in [0.25, 0.3) is 0 Å². The lowest BCUT2D eigenvalue weighted by atomic mass is 10.0. The number of carbonyl (C=O) groups excluding carboxylic acids is 2. The molecule has 0 spiro atoms. The molecule has 0 fully saturated rings. The number of hydrogen-bond acceptors (Lipinski definition) is 5. The molecule has 0 unspecified atom stereocenters. The Bertz CT molecular complexity index is 503. The maximum Gasteiger partial charge on any atom is 0.302 e. The topological polar surface area (TPSA) is 75.6 Å². The maximum atomic E-state index is 12.0. The Morgan fingerprint density at radius 1 is 1.30 bits per heavy atom. The van der Waals surface area contributed by atoms with Crippen molar-refractivity contribution in [2.24, 2.45) is 0 Å². The smallest absolute Gasteiger partial charge is 0.302 e. The van der Waals surface area contributed by atoms with Crippen LogP contribution in [0.15, 0.2) is 18.2 Å². The number of carbonyl (C=O) groups is 2. The van der Waals surface area contributed by atoms with Crippen LogP contribution >= 0.6 is 0 Å². The van der Waals surface area contributed by atoms with Crippen LogP contribution in [-0.4, -0.2) is 28.9 Å². The predicted molar refractivity (Wildman–Crippen MR) is 75.7 cm³/mol. The molecule has 1 rings (SSSR count). The second kappa shape index (κ2) is 6.52. The van der Waals surface area contributed by atoms with Crippen LogP contribution in [0.2, 0.25) is 0 Å². The second-order valence-corrected chi connectivity index (χ2v) is 5.65. The van der Waals surface area contributed by atoms with Crippen molar-refractivity contribution in [1.29, 1.82) is 0 Å². The largest absolute Gasteiger partial charge is 0.508 e. The van der Waals surface area contributed by atoms with Gasteiger partial charge in [-0.05, 0) is 39.0 Å². The van der Waals surface area contributed by atoms with Gasteiger partial charge in [0.05, 0.1) is 6.54 Å². The Balaban J connectivity index is 2.78. The van der Waals surface area contributed by atoms with E-state index in [4.69, 9.17) is 4.74 Å². The standard InChI is InChI=1S/C15H21NO4/c1-10(17)20-9-12-7-11(5-6-13(12)18)14(19)8-16-15(2,3)4/h5-7,16,18H,8-9H2,1-4H3. The van der Waals surface area contributed by atoms with Crippen LogP contribution in [0.1, 0.15) is 43.6 Å². The molecule has 0 aliphatic carbocycles. The lowest BCUT2D eigenvalue weighted by molar-refractivity contribution is -0.142. The van der Waals surface area contributed by atoms with E-state index in [2.05, 4.69) is 5.32 Å². The highest BCUT2D eigenvalue weighted by atomic mass is 16.5. The first-order valence-electron chi connectivity index (χ1n) is 6.42. The number of ketones is 1. The minimum absolute atomic E-state index is 0.00609. The molecule has 0 aromatic heterocycles. The van der Waals surface area contributed by atoms with Crippen molar-refractivity contribution < 1.29 is 19.4 Å². The molecular weight excluding hydrogens is 258 g/mol. The van der Waals surface area contributed by atoms with Crippen molar-refractivity contribution in [1.82, 2.24) is 5.32 Å². The number of esters is 1. The fourth-order valence-electron chi connectivity index (χ4n) is 1.50. The van der Waals surface area contributed by atoms with Crippen LogP contribution in [0.5, 0.6) is 5.75 Å². The molecule has 0 saturated heterocycles. The van der Waals surface area contributed by atoms with Crippen molar-refractivity contribution in [3.05, 3.63) is 29.3 Å². The summed E-state index contributed by atoms with van der Waals surface area (Å²) in [5.74, 6) is -0.508. The van der Waals surface area contributed by atoms with Crippen LogP contribution in [0.3, 0.4) is 0 Å². The lowest BCUT2D eigenvalue weighted by Gasteiger charge is -2.20. The van der Waals surface area contributed by atoms with Crippen molar-refractivity contribution in [3.8, 4) is 5.75 Å². The summed E-state index contributed by atoms with van der Waals surface area (Å²) in [6, 6.07) is 4.54. The summed E-state index contributed by atoms with van der Waals surface area (Å²) in [4.78, 5) is 22.8. The first-order valence-corrected chi connectivity index (χ1v) is 6.42. The molecule has 1 aromatic carbocycles. The van der Waals surface area contributed by atoms with E-state index in [0.29, 0.717) is 11.1 Å². The van der Waals surface area contributed by atoms with E-state index in [1.165, 1.54) is 13.0 Å². The van der Waals surface area contributed by atoms with Crippen molar-refractivity contribution in [3.63, 3.8) is 0 Å². The Morgan fingerprint density at radius 2 is 1.95 bits per heavy atom. The van der Waals surface area contributed by atoms with E-state index in [-0.39, 0.29) is 30.2 Å². The molecule has 110 valence electrons. The van der Waals surface area contributed by atoms with E-state index < -0.39 is 5.97 Å².